The van der Waals surface area contributed by atoms with E-state index in [1.807, 2.05) is 141 Å². The fourth-order valence-electron chi connectivity index (χ4n) is 9.39. The Balaban J connectivity index is 0.000000189. The minimum Gasteiger partial charge on any atom is -0.481 e. The number of thiazole rings is 2. The summed E-state index contributed by atoms with van der Waals surface area (Å²) in [5, 5.41) is 31.3. The van der Waals surface area contributed by atoms with E-state index in [1.54, 1.807) is 4.57 Å². The lowest BCUT2D eigenvalue weighted by atomic mass is 9.83. The number of nitrogens with one attached hydrogen (secondary N) is 1. The Morgan fingerprint density at radius 3 is 1.37 bits per heavy atom. The van der Waals surface area contributed by atoms with Crippen molar-refractivity contribution in [2.45, 2.75) is 116 Å². The molecule has 0 spiro atoms. The van der Waals surface area contributed by atoms with E-state index in [-0.39, 0.29) is 46.7 Å². The van der Waals surface area contributed by atoms with Crippen molar-refractivity contribution in [2.75, 3.05) is 13.2 Å². The number of carboxylic acids is 1. The zero-order valence-corrected chi connectivity index (χ0v) is 40.7. The van der Waals surface area contributed by atoms with Crippen molar-refractivity contribution < 1.29 is 24.9 Å². The molecule has 0 aliphatic heterocycles. The lowest BCUT2D eigenvalue weighted by molar-refractivity contribution is -0.140. The third-order valence-corrected chi connectivity index (χ3v) is 15.5. The number of benzene rings is 4. The van der Waals surface area contributed by atoms with Crippen LogP contribution in [-0.4, -0.2) is 49.5 Å². The number of nitrogens with zero attached hydrogens (tertiary/aromatic N) is 2. The third kappa shape index (κ3) is 13.4. The Hall–Kier alpha value is -5.44. The van der Waals surface area contributed by atoms with Gasteiger partial charge in [0.1, 0.15) is 0 Å². The second-order valence-electron chi connectivity index (χ2n) is 17.9. The van der Waals surface area contributed by atoms with Gasteiger partial charge in [-0.2, -0.15) is 0 Å². The molecule has 11 nitrogen and oxygen atoms in total. The van der Waals surface area contributed by atoms with Gasteiger partial charge in [-0.15, -0.1) is 0 Å². The second-order valence-corrected chi connectivity index (χ2v) is 20.2. The molecule has 2 heterocycles. The molecule has 2 unspecified atom stereocenters. The number of aliphatic hydroxyl groups is 2. The lowest BCUT2D eigenvalue weighted by Crippen LogP contribution is -2.37. The van der Waals surface area contributed by atoms with Crippen LogP contribution in [0.15, 0.2) is 119 Å². The van der Waals surface area contributed by atoms with E-state index >= 15 is 0 Å². The van der Waals surface area contributed by atoms with Crippen LogP contribution >= 0.6 is 22.7 Å². The molecule has 0 radical (unpaired) electrons. The molecular formula is C54H66N4O7S2. The van der Waals surface area contributed by atoms with E-state index in [1.165, 1.54) is 22.7 Å². The number of aliphatic hydroxyl groups excluding tert-OH is 2. The van der Waals surface area contributed by atoms with Crippen molar-refractivity contribution in [2.24, 2.45) is 17.6 Å². The molecule has 6 aromatic rings. The number of carboxylic acid groups (broad SMARTS) is 1. The van der Waals surface area contributed by atoms with Gasteiger partial charge in [0.25, 0.3) is 0 Å². The van der Waals surface area contributed by atoms with Crippen LogP contribution in [0.4, 0.5) is 0 Å². The first-order chi connectivity index (χ1) is 32.3. The molecule has 4 atom stereocenters. The highest BCUT2D eigenvalue weighted by Crippen LogP contribution is 2.39. The van der Waals surface area contributed by atoms with Crippen molar-refractivity contribution in [3.05, 3.63) is 183 Å². The van der Waals surface area contributed by atoms with Crippen molar-refractivity contribution in [3.8, 4) is 0 Å². The predicted octanol–water partition coefficient (Wildman–Crippen LogP) is 9.31. The van der Waals surface area contributed by atoms with Gasteiger partial charge in [-0.25, -0.2) is 0 Å². The SMILES string of the molecule is Cc1sc(=O)n(Cc2ccc(C(C(=O)N[C@@H](CO)c3ccccc3)C3CCCC3)cc2)c1C.Cc1sc(=O)n(Cc2ccc(C(C(=O)O)C3CCCC3)cc2)c1C.N[C@@H](CO)c1ccccc1. The van der Waals surface area contributed by atoms with Crippen LogP contribution in [0.2, 0.25) is 0 Å². The summed E-state index contributed by atoms with van der Waals surface area (Å²) in [5.41, 5.74) is 13.4. The quantitative estimate of drug-likeness (QED) is 0.0677. The minimum atomic E-state index is -0.727. The van der Waals surface area contributed by atoms with Crippen LogP contribution in [0.1, 0.15) is 130 Å². The van der Waals surface area contributed by atoms with E-state index in [0.29, 0.717) is 19.0 Å². The molecule has 8 rings (SSSR count). The standard InChI is InChI=1S/C27H32N2O3S.C19H23NO3S.C8H11NO/c1-18-19(2)33-27(32)29(18)16-20-12-14-23(15-13-20)25(22-10-6-7-11-22)26(31)28-24(17-30)21-8-4-3-5-9-21;1-12-13(2)24-19(23)20(12)11-14-7-9-16(10-8-14)17(18(21)22)15-5-3-4-6-15;9-8(6-10)7-4-2-1-3-5-7/h3-5,8-9,12-15,22,24-25,30H,6-7,10-11,16-17H2,1-2H3,(H,28,31);7-10,15,17H,3-6,11H2,1-2H3,(H,21,22);1-5,8,10H,6,9H2/t24-,25?;;8-/m0.0/s1. The molecule has 2 fully saturated rings. The van der Waals surface area contributed by atoms with Gasteiger partial charge in [-0.05, 0) is 98.6 Å². The average Bonchev–Trinajstić information content (AvgIpc) is 4.16. The molecule has 0 saturated heterocycles. The Bertz CT molecular complexity index is 2610. The van der Waals surface area contributed by atoms with E-state index in [9.17, 15) is 29.4 Å². The molecule has 67 heavy (non-hydrogen) atoms. The van der Waals surface area contributed by atoms with E-state index in [0.717, 1.165) is 106 Å². The summed E-state index contributed by atoms with van der Waals surface area (Å²) in [6.45, 7) is 8.81. The number of amides is 1. The highest BCUT2D eigenvalue weighted by Gasteiger charge is 2.34. The maximum atomic E-state index is 13.5. The monoisotopic (exact) mass is 946 g/mol. The molecule has 0 bridgehead atoms. The summed E-state index contributed by atoms with van der Waals surface area (Å²) >= 11 is 2.56. The minimum absolute atomic E-state index is 0.00398. The summed E-state index contributed by atoms with van der Waals surface area (Å²) in [6, 6.07) is 34.4. The van der Waals surface area contributed by atoms with E-state index in [2.05, 4.69) is 5.32 Å². The van der Waals surface area contributed by atoms with Crippen molar-refractivity contribution >= 4 is 34.6 Å². The Kier molecular flexibility index (Phi) is 18.7. The fraction of sp³-hybridized carbons (Fsp3) is 0.407. The number of hydrogen-bond acceptors (Lipinski definition) is 9. The summed E-state index contributed by atoms with van der Waals surface area (Å²) in [5.74, 6) is -0.858. The Morgan fingerprint density at radius 2 is 1.00 bits per heavy atom. The maximum Gasteiger partial charge on any atom is 0.311 e. The number of nitrogens with two attached hydrogens (primary N) is 1. The molecule has 1 amide bonds. The molecule has 4 aromatic carbocycles. The van der Waals surface area contributed by atoms with Crippen LogP contribution < -0.4 is 20.8 Å². The third-order valence-electron chi connectivity index (χ3n) is 13.5. The summed E-state index contributed by atoms with van der Waals surface area (Å²) in [7, 11) is 0. The normalized spacial score (nSPS) is 15.7. The van der Waals surface area contributed by atoms with Crippen molar-refractivity contribution in [1.29, 1.82) is 0 Å². The number of carbonyl (C=O) groups excluding carboxylic acids is 1. The van der Waals surface area contributed by atoms with Gasteiger partial charge in [0.2, 0.25) is 5.91 Å². The predicted molar refractivity (Wildman–Crippen MR) is 269 cm³/mol. The van der Waals surface area contributed by atoms with Gasteiger partial charge in [0, 0.05) is 21.1 Å². The molecule has 2 aliphatic rings. The molecule has 6 N–H and O–H groups in total. The van der Waals surface area contributed by atoms with Crippen LogP contribution in [0.3, 0.4) is 0 Å². The number of rotatable bonds is 15. The lowest BCUT2D eigenvalue weighted by Gasteiger charge is -2.26. The number of aryl methyl sites for hydroxylation is 2. The molecule has 2 aliphatic carbocycles. The number of hydrogen-bond donors (Lipinski definition) is 5. The second kappa shape index (κ2) is 24.5. The van der Waals surface area contributed by atoms with Crippen molar-refractivity contribution in [1.82, 2.24) is 14.5 Å². The maximum absolute atomic E-state index is 13.5. The van der Waals surface area contributed by atoms with Gasteiger partial charge in [0.05, 0.1) is 50.2 Å². The van der Waals surface area contributed by atoms with Crippen LogP contribution in [0.25, 0.3) is 0 Å². The Labute approximate surface area is 402 Å². The first-order valence-corrected chi connectivity index (χ1v) is 25.0. The first-order valence-electron chi connectivity index (χ1n) is 23.4. The van der Waals surface area contributed by atoms with Gasteiger partial charge in [-0.1, -0.05) is 158 Å². The zero-order chi connectivity index (χ0) is 48.0. The number of aliphatic carboxylic acids is 1. The number of aromatic nitrogens is 2. The Morgan fingerprint density at radius 1 is 0.597 bits per heavy atom. The van der Waals surface area contributed by atoms with E-state index in [4.69, 9.17) is 10.8 Å². The zero-order valence-electron chi connectivity index (χ0n) is 39.1. The number of carbonyl (C=O) groups is 2. The van der Waals surface area contributed by atoms with Crippen molar-refractivity contribution in [3.63, 3.8) is 0 Å². The molecule has 2 saturated carbocycles. The van der Waals surface area contributed by atoms with E-state index < -0.39 is 17.9 Å². The van der Waals surface area contributed by atoms with Gasteiger partial charge in [-0.3, -0.25) is 28.3 Å². The van der Waals surface area contributed by atoms with Gasteiger partial charge >= 0.3 is 15.7 Å². The highest BCUT2D eigenvalue weighted by molar-refractivity contribution is 7.09. The van der Waals surface area contributed by atoms with Crippen LogP contribution in [-0.2, 0) is 22.7 Å². The van der Waals surface area contributed by atoms with Crippen LogP contribution in [0, 0.1) is 39.5 Å². The first kappa shape index (κ1) is 51.0. The average molecular weight is 947 g/mol. The van der Waals surface area contributed by atoms with Gasteiger partial charge in [0.15, 0.2) is 0 Å². The molecule has 13 heteroatoms. The smallest absolute Gasteiger partial charge is 0.311 e. The van der Waals surface area contributed by atoms with Gasteiger partial charge < -0.3 is 26.4 Å². The summed E-state index contributed by atoms with van der Waals surface area (Å²) in [4.78, 5) is 51.7. The fourth-order valence-corrected chi connectivity index (χ4v) is 11.1. The largest absolute Gasteiger partial charge is 0.481 e. The summed E-state index contributed by atoms with van der Waals surface area (Å²) < 4.78 is 3.59. The molecule has 356 valence electrons. The van der Waals surface area contributed by atoms with Crippen LogP contribution in [0.5, 0.6) is 0 Å². The molecular weight excluding hydrogens is 881 g/mol. The highest BCUT2D eigenvalue weighted by atomic mass is 32.1. The molecule has 2 aromatic heterocycles. The topological polar surface area (TPSA) is 177 Å². The summed E-state index contributed by atoms with van der Waals surface area (Å²) in [6.07, 6.45) is 8.64.